The third-order valence-corrected chi connectivity index (χ3v) is 4.53. The number of nitrogens with zero attached hydrogens (tertiary/aromatic N) is 1. The molecule has 1 rings (SSSR count). The number of rotatable bonds is 5. The van der Waals surface area contributed by atoms with E-state index in [-0.39, 0.29) is 27.6 Å². The van der Waals surface area contributed by atoms with E-state index in [1.54, 1.807) is 13.8 Å². The van der Waals surface area contributed by atoms with Crippen molar-refractivity contribution < 1.29 is 13.5 Å². The summed E-state index contributed by atoms with van der Waals surface area (Å²) in [5.74, 6) is -0.0412. The van der Waals surface area contributed by atoms with Crippen molar-refractivity contribution in [3.63, 3.8) is 0 Å². The zero-order chi connectivity index (χ0) is 13.9. The predicted molar refractivity (Wildman–Crippen MR) is 70.3 cm³/mol. The van der Waals surface area contributed by atoms with E-state index < -0.39 is 16.1 Å². The fourth-order valence-corrected chi connectivity index (χ4v) is 2.88. The molecule has 18 heavy (non-hydrogen) atoms. The molecule has 102 valence electrons. The van der Waals surface area contributed by atoms with E-state index in [0.29, 0.717) is 0 Å². The molecule has 0 fully saturated rings. The summed E-state index contributed by atoms with van der Waals surface area (Å²) in [6.45, 7) is 3.32. The topological polar surface area (TPSA) is 79.3 Å². The third kappa shape index (κ3) is 3.80. The molecule has 0 aromatic carbocycles. The van der Waals surface area contributed by atoms with E-state index in [1.165, 1.54) is 6.07 Å². The van der Waals surface area contributed by atoms with Gasteiger partial charge >= 0.3 is 0 Å². The van der Waals surface area contributed by atoms with Gasteiger partial charge in [0.2, 0.25) is 10.0 Å². The van der Waals surface area contributed by atoms with Crippen LogP contribution in [0.4, 0.5) is 0 Å². The van der Waals surface area contributed by atoms with Crippen LogP contribution in [-0.2, 0) is 10.0 Å². The van der Waals surface area contributed by atoms with Gasteiger partial charge in [0.15, 0.2) is 0 Å². The van der Waals surface area contributed by atoms with Crippen LogP contribution in [-0.4, -0.2) is 31.2 Å². The van der Waals surface area contributed by atoms with E-state index in [4.69, 9.17) is 28.3 Å². The van der Waals surface area contributed by atoms with Crippen LogP contribution in [0.1, 0.15) is 13.8 Å². The number of aromatic nitrogens is 1. The van der Waals surface area contributed by atoms with E-state index in [1.807, 2.05) is 0 Å². The van der Waals surface area contributed by atoms with Crippen LogP contribution in [0.2, 0.25) is 10.2 Å². The van der Waals surface area contributed by atoms with Gasteiger partial charge in [-0.15, -0.1) is 0 Å². The molecular weight excluding hydrogens is 299 g/mol. The Bertz CT molecular complexity index is 520. The van der Waals surface area contributed by atoms with Crippen molar-refractivity contribution in [3.8, 4) is 0 Å². The summed E-state index contributed by atoms with van der Waals surface area (Å²) in [7, 11) is -3.77. The molecule has 0 spiro atoms. The molecule has 1 aromatic heterocycles. The molecule has 5 nitrogen and oxygen atoms in total. The van der Waals surface area contributed by atoms with E-state index in [0.717, 1.165) is 6.20 Å². The smallest absolute Gasteiger partial charge is 0.242 e. The molecule has 8 heteroatoms. The highest BCUT2D eigenvalue weighted by molar-refractivity contribution is 7.89. The third-order valence-electron chi connectivity index (χ3n) is 2.39. The van der Waals surface area contributed by atoms with Gasteiger partial charge < -0.3 is 5.11 Å². The number of hydrogen-bond donors (Lipinski definition) is 2. The summed E-state index contributed by atoms with van der Waals surface area (Å²) in [4.78, 5) is 3.59. The molecule has 1 aromatic rings. The van der Waals surface area contributed by atoms with Crippen molar-refractivity contribution in [1.29, 1.82) is 0 Å². The van der Waals surface area contributed by atoms with Crippen molar-refractivity contribution in [2.75, 3.05) is 6.61 Å². The van der Waals surface area contributed by atoms with Crippen LogP contribution >= 0.6 is 23.2 Å². The fourth-order valence-electron chi connectivity index (χ4n) is 1.20. The van der Waals surface area contributed by atoms with Gasteiger partial charge in [0, 0.05) is 12.2 Å². The maximum absolute atomic E-state index is 12.0. The van der Waals surface area contributed by atoms with Crippen LogP contribution < -0.4 is 4.72 Å². The first-order chi connectivity index (χ1) is 8.27. The molecule has 0 aliphatic rings. The molecule has 0 bridgehead atoms. The lowest BCUT2D eigenvalue weighted by molar-refractivity contribution is 0.227. The van der Waals surface area contributed by atoms with Crippen molar-refractivity contribution in [2.24, 2.45) is 5.92 Å². The largest absolute Gasteiger partial charge is 0.395 e. The molecule has 2 N–H and O–H groups in total. The maximum Gasteiger partial charge on any atom is 0.242 e. The minimum Gasteiger partial charge on any atom is -0.395 e. The quantitative estimate of drug-likeness (QED) is 0.811. The molecule has 1 unspecified atom stereocenters. The first kappa shape index (κ1) is 15.7. The average molecular weight is 313 g/mol. The molecule has 1 atom stereocenters. The summed E-state index contributed by atoms with van der Waals surface area (Å²) in [5, 5.41) is 9.22. The first-order valence-corrected chi connectivity index (χ1v) is 7.46. The summed E-state index contributed by atoms with van der Waals surface area (Å²) < 4.78 is 26.4. The highest BCUT2D eigenvalue weighted by Gasteiger charge is 2.22. The van der Waals surface area contributed by atoms with E-state index in [9.17, 15) is 8.42 Å². The average Bonchev–Trinajstić information content (AvgIpc) is 2.29. The van der Waals surface area contributed by atoms with Gasteiger partial charge in [-0.1, -0.05) is 37.0 Å². The highest BCUT2D eigenvalue weighted by Crippen LogP contribution is 2.22. The molecule has 0 saturated carbocycles. The number of aliphatic hydroxyl groups is 1. The van der Waals surface area contributed by atoms with Crippen LogP contribution in [0.5, 0.6) is 0 Å². The SMILES string of the molecule is CC(C)C(CO)NS(=O)(=O)c1cnc(Cl)c(Cl)c1. The Kier molecular flexibility index (Phi) is 5.36. The first-order valence-electron chi connectivity index (χ1n) is 5.22. The molecule has 0 aliphatic heterocycles. The Morgan fingerprint density at radius 2 is 2.06 bits per heavy atom. The Balaban J connectivity index is 3.02. The van der Waals surface area contributed by atoms with Crippen molar-refractivity contribution in [3.05, 3.63) is 22.4 Å². The second-order valence-electron chi connectivity index (χ2n) is 4.10. The van der Waals surface area contributed by atoms with Gasteiger partial charge in [-0.25, -0.2) is 18.1 Å². The summed E-state index contributed by atoms with van der Waals surface area (Å²) in [6, 6.07) is 0.651. The van der Waals surface area contributed by atoms with Gasteiger partial charge in [0.05, 0.1) is 11.6 Å². The van der Waals surface area contributed by atoms with Crippen LogP contribution in [0.25, 0.3) is 0 Å². The normalized spacial score (nSPS) is 13.9. The minimum atomic E-state index is -3.77. The molecule has 0 saturated heterocycles. The monoisotopic (exact) mass is 312 g/mol. The molecule has 0 amide bonds. The highest BCUT2D eigenvalue weighted by atomic mass is 35.5. The number of halogens is 2. The van der Waals surface area contributed by atoms with Crippen molar-refractivity contribution in [2.45, 2.75) is 24.8 Å². The van der Waals surface area contributed by atoms with Gasteiger partial charge in [0.1, 0.15) is 10.0 Å². The molecule has 0 aliphatic carbocycles. The number of sulfonamides is 1. The Hall–Kier alpha value is -0.400. The lowest BCUT2D eigenvalue weighted by Gasteiger charge is -2.19. The second-order valence-corrected chi connectivity index (χ2v) is 6.58. The minimum absolute atomic E-state index is 0.0400. The number of hydrogen-bond acceptors (Lipinski definition) is 4. The number of aliphatic hydroxyl groups excluding tert-OH is 1. The summed E-state index contributed by atoms with van der Waals surface area (Å²) in [5.41, 5.74) is 0. The second kappa shape index (κ2) is 6.16. The molecule has 1 heterocycles. The van der Waals surface area contributed by atoms with Gasteiger partial charge in [-0.3, -0.25) is 0 Å². The number of pyridine rings is 1. The maximum atomic E-state index is 12.0. The Morgan fingerprint density at radius 1 is 1.44 bits per heavy atom. The van der Waals surface area contributed by atoms with Gasteiger partial charge in [-0.05, 0) is 12.0 Å². The van der Waals surface area contributed by atoms with E-state index >= 15 is 0 Å². The summed E-state index contributed by atoms with van der Waals surface area (Å²) >= 11 is 11.3. The molecule has 0 radical (unpaired) electrons. The predicted octanol–water partition coefficient (Wildman–Crippen LogP) is 1.68. The zero-order valence-corrected chi connectivity index (χ0v) is 12.2. The lowest BCUT2D eigenvalue weighted by atomic mass is 10.1. The lowest BCUT2D eigenvalue weighted by Crippen LogP contribution is -2.41. The Morgan fingerprint density at radius 3 is 2.50 bits per heavy atom. The molecular formula is C10H14Cl2N2O3S. The number of nitrogens with one attached hydrogen (secondary N) is 1. The Labute approximate surface area is 116 Å². The van der Waals surface area contributed by atoms with Gasteiger partial charge in [-0.2, -0.15) is 0 Å². The summed E-state index contributed by atoms with van der Waals surface area (Å²) in [6.07, 6.45) is 1.12. The van der Waals surface area contributed by atoms with Crippen molar-refractivity contribution in [1.82, 2.24) is 9.71 Å². The zero-order valence-electron chi connectivity index (χ0n) is 9.89. The van der Waals surface area contributed by atoms with E-state index in [2.05, 4.69) is 9.71 Å². The van der Waals surface area contributed by atoms with Crippen LogP contribution in [0, 0.1) is 5.92 Å². The standard InChI is InChI=1S/C10H14Cl2N2O3S/c1-6(2)9(5-15)14-18(16,17)7-3-8(11)10(12)13-4-7/h3-4,6,9,14-15H,5H2,1-2H3. The van der Waals surface area contributed by atoms with Crippen molar-refractivity contribution >= 4 is 33.2 Å². The van der Waals surface area contributed by atoms with Gasteiger partial charge in [0.25, 0.3) is 0 Å². The van der Waals surface area contributed by atoms with Crippen LogP contribution in [0.15, 0.2) is 17.2 Å². The fraction of sp³-hybridized carbons (Fsp3) is 0.500. The van der Waals surface area contributed by atoms with Crippen LogP contribution in [0.3, 0.4) is 0 Å².